The van der Waals surface area contributed by atoms with Gasteiger partial charge in [0.05, 0.1) is 13.7 Å². The maximum Gasteiger partial charge on any atom is 0.306 e. The fourth-order valence-corrected chi connectivity index (χ4v) is 3.39. The first-order valence-electron chi connectivity index (χ1n) is 7.32. The lowest BCUT2D eigenvalue weighted by Gasteiger charge is -2.11. The minimum atomic E-state index is -0.130. The largest absolute Gasteiger partial charge is 0.497 e. The number of hydrogen-bond acceptors (Lipinski definition) is 7. The smallest absolute Gasteiger partial charge is 0.306 e. The highest BCUT2D eigenvalue weighted by Crippen LogP contribution is 2.26. The zero-order chi connectivity index (χ0) is 16.2. The van der Waals surface area contributed by atoms with Crippen molar-refractivity contribution in [3.8, 4) is 11.4 Å². The molecule has 1 aliphatic heterocycles. The molecule has 0 amide bonds. The monoisotopic (exact) mass is 334 g/mol. The molecule has 0 saturated carbocycles. The molecule has 23 heavy (non-hydrogen) atoms. The Morgan fingerprint density at radius 3 is 2.78 bits per heavy atom. The van der Waals surface area contributed by atoms with Gasteiger partial charge in [-0.1, -0.05) is 11.8 Å². The molecule has 3 rings (SSSR count). The summed E-state index contributed by atoms with van der Waals surface area (Å²) in [5.74, 6) is 1.99. The summed E-state index contributed by atoms with van der Waals surface area (Å²) in [4.78, 5) is 11.2. The molecule has 2 aromatic rings. The Bertz CT molecular complexity index is 687. The summed E-state index contributed by atoms with van der Waals surface area (Å²) in [6.07, 6.45) is 1.19. The molecule has 8 heteroatoms. The van der Waals surface area contributed by atoms with Gasteiger partial charge in [-0.15, -0.1) is 10.2 Å². The van der Waals surface area contributed by atoms with E-state index in [0.29, 0.717) is 18.0 Å². The Kier molecular flexibility index (Phi) is 4.82. The number of carbonyl (C=O) groups excluding carboxylic acids is 1. The number of thioether (sulfide) groups is 1. The van der Waals surface area contributed by atoms with Crippen LogP contribution in [0.15, 0.2) is 29.4 Å². The minimum absolute atomic E-state index is 0.0603. The summed E-state index contributed by atoms with van der Waals surface area (Å²) in [5.41, 5.74) is 6.69. The van der Waals surface area contributed by atoms with Crippen LogP contribution in [0.1, 0.15) is 18.7 Å². The number of nitrogens with zero attached hydrogens (tertiary/aromatic N) is 3. The Labute approximate surface area is 138 Å². The van der Waals surface area contributed by atoms with Gasteiger partial charge in [0.15, 0.2) is 11.0 Å². The summed E-state index contributed by atoms with van der Waals surface area (Å²) in [5, 5.41) is 9.09. The molecule has 1 aromatic heterocycles. The average Bonchev–Trinajstić information content (AvgIpc) is 3.18. The molecule has 0 radical (unpaired) electrons. The number of hydrogen-bond donors (Lipinski definition) is 1. The highest BCUT2D eigenvalue weighted by Gasteiger charge is 2.24. The molecule has 0 unspecified atom stereocenters. The third-order valence-corrected chi connectivity index (χ3v) is 4.64. The van der Waals surface area contributed by atoms with Crippen molar-refractivity contribution in [3.05, 3.63) is 30.1 Å². The predicted octanol–water partition coefficient (Wildman–Crippen LogP) is 1.53. The van der Waals surface area contributed by atoms with Crippen molar-refractivity contribution in [2.45, 2.75) is 30.6 Å². The van der Waals surface area contributed by atoms with E-state index >= 15 is 0 Å². The Morgan fingerprint density at radius 2 is 2.17 bits per heavy atom. The third kappa shape index (κ3) is 3.48. The molecule has 1 aromatic carbocycles. The van der Waals surface area contributed by atoms with E-state index < -0.39 is 0 Å². The van der Waals surface area contributed by atoms with E-state index in [0.717, 1.165) is 23.0 Å². The normalized spacial score (nSPS) is 17.3. The Hall–Kier alpha value is -2.06. The van der Waals surface area contributed by atoms with Crippen LogP contribution < -0.4 is 10.5 Å². The number of rotatable bonds is 6. The second-order valence-corrected chi connectivity index (χ2v) is 6.09. The fraction of sp³-hybridized carbons (Fsp3) is 0.400. The fourth-order valence-electron chi connectivity index (χ4n) is 2.38. The van der Waals surface area contributed by atoms with Crippen LogP contribution >= 0.6 is 11.8 Å². The molecule has 1 aliphatic rings. The summed E-state index contributed by atoms with van der Waals surface area (Å²) in [6.45, 7) is 0.290. The van der Waals surface area contributed by atoms with Gasteiger partial charge in [-0.3, -0.25) is 9.36 Å². The zero-order valence-electron chi connectivity index (χ0n) is 12.8. The standard InChI is InChI=1S/C15H18N4O3S/c1-21-11-4-2-10(3-5-11)19-13(8-16)17-18-15(19)23-9-12-6-7-14(20)22-12/h2-5,12H,6-9,16H2,1H3/t12-/m0/s1. The molecule has 0 bridgehead atoms. The van der Waals surface area contributed by atoms with Gasteiger partial charge >= 0.3 is 5.97 Å². The van der Waals surface area contributed by atoms with Crippen LogP contribution in [0.2, 0.25) is 0 Å². The molecule has 1 saturated heterocycles. The topological polar surface area (TPSA) is 92.3 Å². The summed E-state index contributed by atoms with van der Waals surface area (Å²) < 4.78 is 12.3. The van der Waals surface area contributed by atoms with Crippen LogP contribution in [-0.4, -0.2) is 39.7 Å². The van der Waals surface area contributed by atoms with E-state index in [2.05, 4.69) is 10.2 Å². The lowest BCUT2D eigenvalue weighted by Crippen LogP contribution is -2.11. The predicted molar refractivity (Wildman–Crippen MR) is 85.6 cm³/mol. The summed E-state index contributed by atoms with van der Waals surface area (Å²) >= 11 is 1.51. The Balaban J connectivity index is 1.80. The van der Waals surface area contributed by atoms with Gasteiger partial charge in [0.2, 0.25) is 0 Å². The number of nitrogens with two attached hydrogens (primary N) is 1. The quantitative estimate of drug-likeness (QED) is 0.632. The lowest BCUT2D eigenvalue weighted by atomic mass is 10.3. The van der Waals surface area contributed by atoms with Crippen LogP contribution in [0.3, 0.4) is 0 Å². The van der Waals surface area contributed by atoms with Crippen LogP contribution in [0.4, 0.5) is 0 Å². The van der Waals surface area contributed by atoms with Crippen molar-refractivity contribution in [2.75, 3.05) is 12.9 Å². The summed E-state index contributed by atoms with van der Waals surface area (Å²) in [6, 6.07) is 7.62. The highest BCUT2D eigenvalue weighted by molar-refractivity contribution is 7.99. The third-order valence-electron chi connectivity index (χ3n) is 3.58. The number of benzene rings is 1. The molecule has 2 N–H and O–H groups in total. The molecule has 0 aliphatic carbocycles. The molecule has 0 spiro atoms. The van der Waals surface area contributed by atoms with E-state index in [-0.39, 0.29) is 18.6 Å². The van der Waals surface area contributed by atoms with E-state index in [1.807, 2.05) is 28.8 Å². The van der Waals surface area contributed by atoms with Gasteiger partial charge in [-0.25, -0.2) is 0 Å². The molecule has 1 atom stereocenters. The van der Waals surface area contributed by atoms with E-state index in [1.54, 1.807) is 7.11 Å². The van der Waals surface area contributed by atoms with Gasteiger partial charge in [0, 0.05) is 17.9 Å². The second kappa shape index (κ2) is 7.01. The minimum Gasteiger partial charge on any atom is -0.497 e. The van der Waals surface area contributed by atoms with Crippen LogP contribution in [0.25, 0.3) is 5.69 Å². The van der Waals surface area contributed by atoms with Crippen molar-refractivity contribution >= 4 is 17.7 Å². The number of ether oxygens (including phenoxy) is 2. The van der Waals surface area contributed by atoms with Crippen LogP contribution in [0.5, 0.6) is 5.75 Å². The second-order valence-electron chi connectivity index (χ2n) is 5.10. The number of esters is 1. The number of methoxy groups -OCH3 is 1. The van der Waals surface area contributed by atoms with Gasteiger partial charge < -0.3 is 15.2 Å². The van der Waals surface area contributed by atoms with E-state index in [9.17, 15) is 4.79 Å². The van der Waals surface area contributed by atoms with Crippen LogP contribution in [0, 0.1) is 0 Å². The van der Waals surface area contributed by atoms with Crippen molar-refractivity contribution in [2.24, 2.45) is 5.73 Å². The van der Waals surface area contributed by atoms with Crippen molar-refractivity contribution in [1.29, 1.82) is 0 Å². The van der Waals surface area contributed by atoms with Crippen LogP contribution in [-0.2, 0) is 16.1 Å². The maximum absolute atomic E-state index is 11.2. The van der Waals surface area contributed by atoms with Gasteiger partial charge in [0.25, 0.3) is 0 Å². The van der Waals surface area contributed by atoms with E-state index in [4.69, 9.17) is 15.2 Å². The first kappa shape index (κ1) is 15.8. The SMILES string of the molecule is COc1ccc(-n2c(CN)nnc2SC[C@@H]2CCC(=O)O2)cc1. The molecule has 1 fully saturated rings. The highest BCUT2D eigenvalue weighted by atomic mass is 32.2. The zero-order valence-corrected chi connectivity index (χ0v) is 13.6. The number of cyclic esters (lactones) is 1. The first-order chi connectivity index (χ1) is 11.2. The molecular formula is C15H18N4O3S. The first-order valence-corrected chi connectivity index (χ1v) is 8.31. The lowest BCUT2D eigenvalue weighted by molar-refractivity contribution is -0.140. The van der Waals surface area contributed by atoms with Crippen molar-refractivity contribution in [3.63, 3.8) is 0 Å². The Morgan fingerprint density at radius 1 is 1.39 bits per heavy atom. The van der Waals surface area contributed by atoms with Crippen molar-refractivity contribution in [1.82, 2.24) is 14.8 Å². The molecule has 2 heterocycles. The average molecular weight is 334 g/mol. The molecule has 7 nitrogen and oxygen atoms in total. The molecule has 122 valence electrons. The van der Waals surface area contributed by atoms with Gasteiger partial charge in [0.1, 0.15) is 11.9 Å². The van der Waals surface area contributed by atoms with Crippen molar-refractivity contribution < 1.29 is 14.3 Å². The molecular weight excluding hydrogens is 316 g/mol. The van der Waals surface area contributed by atoms with Gasteiger partial charge in [-0.2, -0.15) is 0 Å². The van der Waals surface area contributed by atoms with Gasteiger partial charge in [-0.05, 0) is 30.7 Å². The maximum atomic E-state index is 11.2. The van der Waals surface area contributed by atoms with E-state index in [1.165, 1.54) is 11.8 Å². The number of aromatic nitrogens is 3. The number of carbonyl (C=O) groups is 1. The summed E-state index contributed by atoms with van der Waals surface area (Å²) in [7, 11) is 1.63.